The molecule has 1 heterocycles. The average Bonchev–Trinajstić information content (AvgIpc) is 2.87. The molecule has 46 heavy (non-hydrogen) atoms. The van der Waals surface area contributed by atoms with Gasteiger partial charge in [0.2, 0.25) is 0 Å². The molecule has 2 radical (unpaired) electrons. The zero-order chi connectivity index (χ0) is 35.3. The summed E-state index contributed by atoms with van der Waals surface area (Å²) >= 11 is 1.37. The van der Waals surface area contributed by atoms with Gasteiger partial charge in [0, 0.05) is 0 Å². The third kappa shape index (κ3) is 6.91. The van der Waals surface area contributed by atoms with Crippen LogP contribution in [-0.2, 0) is 21.6 Å². The van der Waals surface area contributed by atoms with Crippen molar-refractivity contribution < 1.29 is 93.1 Å². The van der Waals surface area contributed by atoms with Crippen LogP contribution in [0.2, 0.25) is 0 Å². The molecule has 0 bridgehead atoms. The van der Waals surface area contributed by atoms with Crippen molar-refractivity contribution in [3.8, 4) is 0 Å². The molecule has 0 unspecified atom stereocenters. The van der Waals surface area contributed by atoms with Gasteiger partial charge in [-0.05, 0) is 0 Å². The molecule has 0 aromatic heterocycles. The summed E-state index contributed by atoms with van der Waals surface area (Å²) in [6.45, 7) is 0. The van der Waals surface area contributed by atoms with Gasteiger partial charge in [-0.1, -0.05) is 0 Å². The molecule has 2 aromatic rings. The summed E-state index contributed by atoms with van der Waals surface area (Å²) < 4.78 is 247. The van der Waals surface area contributed by atoms with Crippen LogP contribution >= 0.6 is 11.8 Å². The van der Waals surface area contributed by atoms with Crippen molar-refractivity contribution in [2.45, 2.75) is 58.5 Å². The number of benzene rings is 2. The average molecular weight is 938 g/mol. The van der Waals surface area contributed by atoms with Crippen molar-refractivity contribution in [3.63, 3.8) is 0 Å². The fraction of sp³-hybridized carbons (Fsp3) is 0.455. The Morgan fingerprint density at radius 3 is 1.17 bits per heavy atom. The number of hydrogen-bond donors (Lipinski definition) is 0. The summed E-state index contributed by atoms with van der Waals surface area (Å²) in [5.41, 5.74) is 3.16. The standard InChI is InChI=1S/C14H12S.C8HF17O3S.Bi.H2O/c1-3-7-13(8-4-1)11-15-12-14-9-5-2-6-10-14;9-1(10,3(13,14)5(17,18)7(21,22)23)2(11,12)4(15,16)6(19,20)8(24,25)29(26,27)28;;/h1-7,9H,11-12H2;(H,26,27,28);;1H2/q;;+1;/p-1. The minimum atomic E-state index is -8.92. The van der Waals surface area contributed by atoms with E-state index in [1.807, 2.05) is 11.8 Å². The third-order valence-electron chi connectivity index (χ3n) is 5.75. The predicted octanol–water partition coefficient (Wildman–Crippen LogP) is 5.76. The molecule has 1 aliphatic heterocycles. The Morgan fingerprint density at radius 2 is 0.848 bits per heavy atom. The van der Waals surface area contributed by atoms with E-state index in [0.717, 1.165) is 0 Å². The number of thioether (sulfide) groups is 1. The van der Waals surface area contributed by atoms with Crippen LogP contribution in [0.15, 0.2) is 48.5 Å². The Morgan fingerprint density at radius 1 is 0.543 bits per heavy atom. The first-order valence-corrected chi connectivity index (χ1v) is 17.1. The van der Waals surface area contributed by atoms with Gasteiger partial charge in [-0.3, -0.25) is 0 Å². The van der Waals surface area contributed by atoms with Gasteiger partial charge in [-0.2, -0.15) is 74.6 Å². The second-order valence-corrected chi connectivity index (χ2v) is 15.8. The maximum absolute atomic E-state index is 13.0. The maximum atomic E-state index is 13.0. The van der Waals surface area contributed by atoms with Crippen molar-refractivity contribution in [1.82, 2.24) is 0 Å². The van der Waals surface area contributed by atoms with E-state index in [-0.39, 0.29) is 5.48 Å². The topological polar surface area (TPSA) is 88.7 Å². The van der Waals surface area contributed by atoms with E-state index in [1.54, 1.807) is 17.7 Å². The summed E-state index contributed by atoms with van der Waals surface area (Å²) in [4.78, 5) is 0. The molecule has 2 N–H and O–H groups in total. The SMILES string of the molecule is O.O=S(=O)([O-])C(F)(F)C(F)(F)C(F)(F)C(F)(F)C(F)(F)C(F)(F)C(F)(F)C(F)(F)F.c1cc[c]2c(c1)CSCc1cccc[c]1[Bi+]2. The first kappa shape index (κ1) is 42.4. The Hall–Kier alpha value is -1.65. The molecule has 0 amide bonds. The minimum absolute atomic E-state index is 0. The molecular weight excluding hydrogens is 924 g/mol. The second kappa shape index (κ2) is 13.3. The van der Waals surface area contributed by atoms with Crippen LogP contribution in [-0.4, -0.2) is 88.6 Å². The molecule has 2 aromatic carbocycles. The molecule has 262 valence electrons. The molecule has 1 aliphatic rings. The number of hydrogen-bond acceptors (Lipinski definition) is 4. The van der Waals surface area contributed by atoms with Gasteiger partial charge in [0.1, 0.15) is 0 Å². The summed E-state index contributed by atoms with van der Waals surface area (Å²) in [5, 5.41) is -7.95. The zero-order valence-electron chi connectivity index (χ0n) is 21.4. The Labute approximate surface area is 262 Å². The molecule has 0 saturated heterocycles. The first-order chi connectivity index (χ1) is 19.9. The molecule has 0 spiro atoms. The normalized spacial score (nSPS) is 15.7. The number of fused-ring (bicyclic) bond motifs is 2. The van der Waals surface area contributed by atoms with Gasteiger partial charge in [0.05, 0.1) is 0 Å². The van der Waals surface area contributed by atoms with E-state index in [2.05, 4.69) is 48.5 Å². The molecule has 0 aliphatic carbocycles. The second-order valence-electron chi connectivity index (χ2n) is 8.78. The molecule has 0 fully saturated rings. The molecule has 3 rings (SSSR count). The van der Waals surface area contributed by atoms with E-state index in [1.165, 1.54) is 11.5 Å². The van der Waals surface area contributed by atoms with Crippen LogP contribution in [0, 0.1) is 0 Å². The number of halogens is 17. The number of alkyl halides is 17. The summed E-state index contributed by atoms with van der Waals surface area (Å²) in [7, 11) is -8.14. The predicted molar refractivity (Wildman–Crippen MR) is 127 cm³/mol. The van der Waals surface area contributed by atoms with Gasteiger partial charge in [0.25, 0.3) is 0 Å². The Balaban J connectivity index is 0.000000517. The third-order valence-corrected chi connectivity index (χ3v) is 12.9. The fourth-order valence-corrected chi connectivity index (χ4v) is 10.1. The summed E-state index contributed by atoms with van der Waals surface area (Å²) in [6, 6.07) is 18.0. The van der Waals surface area contributed by atoms with Crippen LogP contribution in [0.5, 0.6) is 0 Å². The summed E-state index contributed by atoms with van der Waals surface area (Å²) in [6.07, 6.45) is -7.89. The van der Waals surface area contributed by atoms with Crippen molar-refractivity contribution in [2.75, 3.05) is 0 Å². The molecule has 24 heteroatoms. The Bertz CT molecular complexity index is 1440. The van der Waals surface area contributed by atoms with Crippen molar-refractivity contribution in [3.05, 3.63) is 59.7 Å². The number of rotatable bonds is 7. The van der Waals surface area contributed by atoms with Crippen LogP contribution < -0.4 is 6.54 Å². The van der Waals surface area contributed by atoms with Crippen molar-refractivity contribution in [1.29, 1.82) is 0 Å². The van der Waals surface area contributed by atoms with Crippen molar-refractivity contribution in [2.24, 2.45) is 0 Å². The van der Waals surface area contributed by atoms with Crippen LogP contribution in [0.25, 0.3) is 0 Å². The molecule has 4 nitrogen and oxygen atoms in total. The van der Waals surface area contributed by atoms with Gasteiger partial charge in [-0.25, -0.2) is 8.42 Å². The van der Waals surface area contributed by atoms with Gasteiger partial charge >= 0.3 is 160 Å². The van der Waals surface area contributed by atoms with Crippen LogP contribution in [0.3, 0.4) is 0 Å². The van der Waals surface area contributed by atoms with E-state index in [9.17, 15) is 87.6 Å². The first-order valence-electron chi connectivity index (χ1n) is 11.1. The molecule has 0 saturated carbocycles. The monoisotopic (exact) mass is 938 g/mol. The van der Waals surface area contributed by atoms with E-state index in [4.69, 9.17) is 0 Å². The van der Waals surface area contributed by atoms with Crippen LogP contribution in [0.1, 0.15) is 11.1 Å². The fourth-order valence-electron chi connectivity index (χ4n) is 3.19. The van der Waals surface area contributed by atoms with E-state index in [0.29, 0.717) is 0 Å². The van der Waals surface area contributed by atoms with Gasteiger partial charge in [0.15, 0.2) is 10.1 Å². The molecule has 0 atom stereocenters. The van der Waals surface area contributed by atoms with Crippen LogP contribution in [0.4, 0.5) is 74.6 Å². The quantitative estimate of drug-likeness (QED) is 0.201. The van der Waals surface area contributed by atoms with E-state index >= 15 is 0 Å². The zero-order valence-corrected chi connectivity index (χ0v) is 26.6. The van der Waals surface area contributed by atoms with Gasteiger partial charge < -0.3 is 10.0 Å². The van der Waals surface area contributed by atoms with Crippen molar-refractivity contribution >= 4 is 51.7 Å². The summed E-state index contributed by atoms with van der Waals surface area (Å²) in [5.74, 6) is -49.8. The Kier molecular flexibility index (Phi) is 12.3. The van der Waals surface area contributed by atoms with E-state index < -0.39 is 80.3 Å². The van der Waals surface area contributed by atoms with Gasteiger partial charge in [-0.15, -0.1) is 0 Å². The molecular formula is C22H14BiF17O4S2.